The van der Waals surface area contributed by atoms with Crippen molar-refractivity contribution in [3.63, 3.8) is 0 Å². The maximum Gasteiger partial charge on any atom is 0.269 e. The molecule has 1 heterocycles. The molecule has 0 bridgehead atoms. The molecule has 160 valence electrons. The third-order valence-corrected chi connectivity index (χ3v) is 7.09. The third-order valence-electron chi connectivity index (χ3n) is 4.65. The molecule has 0 radical (unpaired) electrons. The fourth-order valence-electron chi connectivity index (χ4n) is 2.92. The highest BCUT2D eigenvalue weighted by atomic mass is 35.6. The van der Waals surface area contributed by atoms with Gasteiger partial charge in [-0.15, -0.1) is 0 Å². The largest absolute Gasteiger partial charge is 0.362 e. The van der Waals surface area contributed by atoms with Gasteiger partial charge in [0.05, 0.1) is 5.56 Å². The fraction of sp³-hybridized carbons (Fsp3) is 0.263. The SMILES string of the molecule is Cc1ccc(NC(NC(=O)CN2C(=O)c3ccccc3S2(=O)=O)C(Cl)(Cl)Cl)cc1C. The second-order valence-corrected chi connectivity index (χ2v) is 11.0. The van der Waals surface area contributed by atoms with Crippen molar-refractivity contribution in [3.05, 3.63) is 59.2 Å². The van der Waals surface area contributed by atoms with E-state index in [0.29, 0.717) is 9.99 Å². The van der Waals surface area contributed by atoms with Gasteiger partial charge in [-0.2, -0.15) is 0 Å². The first-order valence-electron chi connectivity index (χ1n) is 8.77. The zero-order chi connectivity index (χ0) is 22.3. The number of aryl methyl sites for hydroxylation is 2. The van der Waals surface area contributed by atoms with Crippen molar-refractivity contribution in [1.29, 1.82) is 0 Å². The van der Waals surface area contributed by atoms with Gasteiger partial charge in [0.1, 0.15) is 17.6 Å². The smallest absolute Gasteiger partial charge is 0.269 e. The van der Waals surface area contributed by atoms with Crippen molar-refractivity contribution in [2.45, 2.75) is 28.7 Å². The average molecular weight is 491 g/mol. The first-order chi connectivity index (χ1) is 13.9. The van der Waals surface area contributed by atoms with Gasteiger partial charge in [0, 0.05) is 5.69 Å². The summed E-state index contributed by atoms with van der Waals surface area (Å²) in [6.45, 7) is 3.10. The van der Waals surface area contributed by atoms with E-state index in [9.17, 15) is 18.0 Å². The van der Waals surface area contributed by atoms with E-state index in [0.717, 1.165) is 11.1 Å². The van der Waals surface area contributed by atoms with Crippen LogP contribution in [0.3, 0.4) is 0 Å². The third kappa shape index (κ3) is 4.51. The van der Waals surface area contributed by atoms with Gasteiger partial charge in [0.25, 0.3) is 15.9 Å². The van der Waals surface area contributed by atoms with E-state index in [1.807, 2.05) is 26.0 Å². The molecule has 30 heavy (non-hydrogen) atoms. The number of alkyl halides is 3. The molecule has 2 aromatic carbocycles. The maximum atomic E-state index is 12.6. The summed E-state index contributed by atoms with van der Waals surface area (Å²) in [5, 5.41) is 5.36. The predicted molar refractivity (Wildman–Crippen MR) is 116 cm³/mol. The first-order valence-corrected chi connectivity index (χ1v) is 11.3. The maximum absolute atomic E-state index is 12.6. The summed E-state index contributed by atoms with van der Waals surface area (Å²) in [4.78, 5) is 24.9. The van der Waals surface area contributed by atoms with Crippen molar-refractivity contribution in [2.75, 3.05) is 11.9 Å². The van der Waals surface area contributed by atoms with Crippen LogP contribution >= 0.6 is 34.8 Å². The molecule has 0 aromatic heterocycles. The van der Waals surface area contributed by atoms with Gasteiger partial charge in [-0.3, -0.25) is 9.59 Å². The molecule has 0 spiro atoms. The zero-order valence-corrected chi connectivity index (χ0v) is 19.0. The molecule has 2 amide bonds. The molecule has 2 N–H and O–H groups in total. The van der Waals surface area contributed by atoms with Crippen LogP contribution in [0.5, 0.6) is 0 Å². The van der Waals surface area contributed by atoms with Gasteiger partial charge in [-0.05, 0) is 49.2 Å². The van der Waals surface area contributed by atoms with Crippen molar-refractivity contribution in [1.82, 2.24) is 9.62 Å². The van der Waals surface area contributed by atoms with Crippen LogP contribution in [0.4, 0.5) is 5.69 Å². The number of sulfonamides is 1. The van der Waals surface area contributed by atoms with E-state index in [-0.39, 0.29) is 10.5 Å². The van der Waals surface area contributed by atoms with E-state index in [4.69, 9.17) is 34.8 Å². The Morgan fingerprint density at radius 2 is 1.77 bits per heavy atom. The number of carbonyl (C=O) groups is 2. The second-order valence-electron chi connectivity index (χ2n) is 6.80. The second kappa shape index (κ2) is 8.26. The number of hydrogen-bond acceptors (Lipinski definition) is 5. The Morgan fingerprint density at radius 1 is 1.10 bits per heavy atom. The first kappa shape index (κ1) is 22.7. The lowest BCUT2D eigenvalue weighted by Gasteiger charge is -2.28. The molecule has 11 heteroatoms. The van der Waals surface area contributed by atoms with Crippen LogP contribution < -0.4 is 10.6 Å². The number of rotatable bonds is 5. The number of anilines is 1. The van der Waals surface area contributed by atoms with Crippen LogP contribution in [0, 0.1) is 13.8 Å². The van der Waals surface area contributed by atoms with Gasteiger partial charge in [0.15, 0.2) is 0 Å². The van der Waals surface area contributed by atoms with Crippen LogP contribution in [0.1, 0.15) is 21.5 Å². The Labute approximate surface area is 189 Å². The van der Waals surface area contributed by atoms with Crippen LogP contribution in [-0.4, -0.2) is 41.0 Å². The molecule has 7 nitrogen and oxygen atoms in total. The number of carbonyl (C=O) groups excluding carboxylic acids is 2. The number of benzene rings is 2. The summed E-state index contributed by atoms with van der Waals surface area (Å²) in [7, 11) is -4.13. The summed E-state index contributed by atoms with van der Waals surface area (Å²) in [5.74, 6) is -1.60. The molecule has 3 rings (SSSR count). The summed E-state index contributed by atoms with van der Waals surface area (Å²) in [6, 6.07) is 11.2. The number of fused-ring (bicyclic) bond motifs is 1. The Hall–Kier alpha value is -2.00. The van der Waals surface area contributed by atoms with E-state index in [1.54, 1.807) is 12.1 Å². The van der Waals surface area contributed by atoms with Gasteiger partial charge >= 0.3 is 0 Å². The molecule has 1 unspecified atom stereocenters. The van der Waals surface area contributed by atoms with Gasteiger partial charge in [-0.1, -0.05) is 53.0 Å². The summed E-state index contributed by atoms with van der Waals surface area (Å²) >= 11 is 18.0. The van der Waals surface area contributed by atoms with Crippen LogP contribution in [0.25, 0.3) is 0 Å². The Kier molecular flexibility index (Phi) is 6.25. The Morgan fingerprint density at radius 3 is 2.37 bits per heavy atom. The number of halogens is 3. The molecule has 1 aliphatic rings. The molecule has 0 saturated carbocycles. The lowest BCUT2D eigenvalue weighted by molar-refractivity contribution is -0.121. The lowest BCUT2D eigenvalue weighted by atomic mass is 10.1. The van der Waals surface area contributed by atoms with E-state index in [1.165, 1.54) is 18.2 Å². The average Bonchev–Trinajstić information content (AvgIpc) is 2.84. The van der Waals surface area contributed by atoms with Gasteiger partial charge in [0.2, 0.25) is 9.70 Å². The molecule has 0 saturated heterocycles. The van der Waals surface area contributed by atoms with E-state index >= 15 is 0 Å². The highest BCUT2D eigenvalue weighted by molar-refractivity contribution is 7.90. The van der Waals surface area contributed by atoms with Crippen LogP contribution in [0.15, 0.2) is 47.4 Å². The minimum atomic E-state index is -4.13. The molecule has 1 atom stereocenters. The van der Waals surface area contributed by atoms with Crippen molar-refractivity contribution >= 4 is 62.3 Å². The molecular weight excluding hydrogens is 473 g/mol. The Bertz CT molecular complexity index is 1120. The predicted octanol–water partition coefficient (Wildman–Crippen LogP) is 3.37. The molecular formula is C19H18Cl3N3O4S. The number of hydrogen-bond donors (Lipinski definition) is 2. The normalized spacial score (nSPS) is 16.2. The van der Waals surface area contributed by atoms with Crippen molar-refractivity contribution < 1.29 is 18.0 Å². The highest BCUT2D eigenvalue weighted by Crippen LogP contribution is 2.32. The van der Waals surface area contributed by atoms with Crippen LogP contribution in [-0.2, 0) is 14.8 Å². The summed E-state index contributed by atoms with van der Waals surface area (Å²) in [6.07, 6.45) is -1.18. The standard InChI is InChI=1S/C19H18Cl3N3O4S/c1-11-7-8-13(9-12(11)2)23-18(19(20,21)22)24-16(26)10-25-17(27)14-5-3-4-6-15(14)30(25,28)29/h3-9,18,23H,10H2,1-2H3,(H,24,26). The number of nitrogens with zero attached hydrogens (tertiary/aromatic N) is 1. The zero-order valence-electron chi connectivity index (χ0n) is 15.9. The molecule has 0 aliphatic carbocycles. The minimum Gasteiger partial charge on any atom is -0.362 e. The molecule has 1 aliphatic heterocycles. The lowest BCUT2D eigenvalue weighted by Crippen LogP contribution is -2.52. The van der Waals surface area contributed by atoms with E-state index in [2.05, 4.69) is 10.6 Å². The Balaban J connectivity index is 1.77. The number of amides is 2. The van der Waals surface area contributed by atoms with Crippen molar-refractivity contribution in [2.24, 2.45) is 0 Å². The number of nitrogens with one attached hydrogen (secondary N) is 2. The van der Waals surface area contributed by atoms with E-state index < -0.39 is 38.3 Å². The topological polar surface area (TPSA) is 95.6 Å². The monoisotopic (exact) mass is 489 g/mol. The summed E-state index contributed by atoms with van der Waals surface area (Å²) in [5.41, 5.74) is 2.65. The minimum absolute atomic E-state index is 0.0106. The molecule has 0 fully saturated rings. The fourth-order valence-corrected chi connectivity index (χ4v) is 4.77. The van der Waals surface area contributed by atoms with Crippen LogP contribution in [0.2, 0.25) is 0 Å². The van der Waals surface area contributed by atoms with Gasteiger partial charge < -0.3 is 10.6 Å². The quantitative estimate of drug-likeness (QED) is 0.495. The highest BCUT2D eigenvalue weighted by Gasteiger charge is 2.42. The summed E-state index contributed by atoms with van der Waals surface area (Å²) < 4.78 is 23.8. The van der Waals surface area contributed by atoms with Gasteiger partial charge in [-0.25, -0.2) is 12.7 Å². The van der Waals surface area contributed by atoms with Crippen molar-refractivity contribution in [3.8, 4) is 0 Å². The molecule has 2 aromatic rings.